The fourth-order valence-electron chi connectivity index (χ4n) is 5.45. The van der Waals surface area contributed by atoms with Crippen molar-refractivity contribution in [3.05, 3.63) is 58.1 Å². The number of fused-ring (bicyclic) bond motifs is 2. The SMILES string of the molecule is Cc1cc2c(cc1C)C(NC(=O)Nc1cccc3c1CC(O)C3)CC1(CCCC1)O2. The molecule has 5 nitrogen and oxygen atoms in total. The van der Waals surface area contributed by atoms with Crippen molar-refractivity contribution in [1.29, 1.82) is 0 Å². The Labute approximate surface area is 177 Å². The molecule has 2 amide bonds. The molecule has 2 unspecified atom stereocenters. The maximum absolute atomic E-state index is 13.0. The Kier molecular flexibility index (Phi) is 4.73. The van der Waals surface area contributed by atoms with E-state index in [1.54, 1.807) is 0 Å². The molecule has 0 radical (unpaired) electrons. The molecular formula is C25H30N2O3. The summed E-state index contributed by atoms with van der Waals surface area (Å²) in [6.45, 7) is 4.21. The zero-order chi connectivity index (χ0) is 20.9. The van der Waals surface area contributed by atoms with Gasteiger partial charge in [-0.15, -0.1) is 0 Å². The van der Waals surface area contributed by atoms with Crippen molar-refractivity contribution in [2.75, 3.05) is 5.32 Å². The number of rotatable bonds is 2. The lowest BCUT2D eigenvalue weighted by atomic mass is 9.85. The van der Waals surface area contributed by atoms with Gasteiger partial charge in [0.05, 0.1) is 12.1 Å². The molecule has 158 valence electrons. The van der Waals surface area contributed by atoms with Gasteiger partial charge in [0.2, 0.25) is 0 Å². The molecule has 0 aromatic heterocycles. The van der Waals surface area contributed by atoms with E-state index in [0.717, 1.165) is 47.4 Å². The van der Waals surface area contributed by atoms with Crippen LogP contribution < -0.4 is 15.4 Å². The number of nitrogens with one attached hydrogen (secondary N) is 2. The molecule has 1 heterocycles. The average molecular weight is 407 g/mol. The summed E-state index contributed by atoms with van der Waals surface area (Å²) >= 11 is 0. The van der Waals surface area contributed by atoms with E-state index in [0.29, 0.717) is 12.8 Å². The number of aliphatic hydroxyl groups is 1. The van der Waals surface area contributed by atoms with Gasteiger partial charge in [0.15, 0.2) is 0 Å². The molecule has 2 aromatic carbocycles. The quantitative estimate of drug-likeness (QED) is 0.676. The van der Waals surface area contributed by atoms with Crippen LogP contribution in [0.15, 0.2) is 30.3 Å². The third-order valence-electron chi connectivity index (χ3n) is 7.14. The normalized spacial score (nSPS) is 23.6. The summed E-state index contributed by atoms with van der Waals surface area (Å²) in [6, 6.07) is 9.90. The number of urea groups is 1. The van der Waals surface area contributed by atoms with Gasteiger partial charge in [0.25, 0.3) is 0 Å². The number of hydrogen-bond donors (Lipinski definition) is 3. The molecule has 3 aliphatic rings. The number of benzene rings is 2. The fourth-order valence-corrected chi connectivity index (χ4v) is 5.45. The van der Waals surface area contributed by atoms with Crippen molar-refractivity contribution in [1.82, 2.24) is 5.32 Å². The first-order valence-corrected chi connectivity index (χ1v) is 11.1. The number of amides is 2. The van der Waals surface area contributed by atoms with Gasteiger partial charge in [0, 0.05) is 24.1 Å². The Hall–Kier alpha value is -2.53. The molecule has 5 rings (SSSR count). The Morgan fingerprint density at radius 2 is 1.90 bits per heavy atom. The number of ether oxygens (including phenoxy) is 1. The monoisotopic (exact) mass is 406 g/mol. The van der Waals surface area contributed by atoms with Crippen LogP contribution in [0.25, 0.3) is 0 Å². The van der Waals surface area contributed by atoms with Gasteiger partial charge in [-0.3, -0.25) is 0 Å². The molecule has 0 bridgehead atoms. The second kappa shape index (κ2) is 7.31. The van der Waals surface area contributed by atoms with Gasteiger partial charge in [-0.2, -0.15) is 0 Å². The molecule has 2 atom stereocenters. The van der Waals surface area contributed by atoms with Crippen molar-refractivity contribution in [3.63, 3.8) is 0 Å². The maximum atomic E-state index is 13.0. The lowest BCUT2D eigenvalue weighted by Gasteiger charge is -2.40. The van der Waals surface area contributed by atoms with Crippen molar-refractivity contribution >= 4 is 11.7 Å². The van der Waals surface area contributed by atoms with E-state index >= 15 is 0 Å². The standard InChI is InChI=1S/C25H30N2O3/c1-15-10-20-22(14-25(8-3-4-9-25)30-23(20)11-16(15)2)27-24(29)26-21-7-5-6-17-12-18(28)13-19(17)21/h5-7,10-11,18,22,28H,3-4,8-9,12-14H2,1-2H3,(H2,26,27,29). The average Bonchev–Trinajstić information content (AvgIpc) is 3.30. The van der Waals surface area contributed by atoms with Gasteiger partial charge < -0.3 is 20.5 Å². The van der Waals surface area contributed by atoms with E-state index in [9.17, 15) is 9.90 Å². The van der Waals surface area contributed by atoms with Gasteiger partial charge in [-0.25, -0.2) is 4.79 Å². The summed E-state index contributed by atoms with van der Waals surface area (Å²) in [6.07, 6.45) is 6.14. The predicted molar refractivity (Wildman–Crippen MR) is 117 cm³/mol. The Bertz CT molecular complexity index is 994. The van der Waals surface area contributed by atoms with Crippen LogP contribution in [0.2, 0.25) is 0 Å². The molecule has 1 fully saturated rings. The number of hydrogen-bond acceptors (Lipinski definition) is 3. The minimum atomic E-state index is -0.359. The molecule has 3 N–H and O–H groups in total. The highest BCUT2D eigenvalue weighted by Gasteiger charge is 2.43. The number of carbonyl (C=O) groups is 1. The van der Waals surface area contributed by atoms with E-state index in [2.05, 4.69) is 36.6 Å². The summed E-state index contributed by atoms with van der Waals surface area (Å²) in [4.78, 5) is 13.0. The first kappa shape index (κ1) is 19.4. The van der Waals surface area contributed by atoms with Crippen molar-refractivity contribution in [2.45, 2.75) is 76.5 Å². The minimum Gasteiger partial charge on any atom is -0.487 e. The van der Waals surface area contributed by atoms with Crippen LogP contribution >= 0.6 is 0 Å². The summed E-state index contributed by atoms with van der Waals surface area (Å²) in [5.74, 6) is 0.917. The van der Waals surface area contributed by atoms with Crippen molar-refractivity contribution in [3.8, 4) is 5.75 Å². The fraction of sp³-hybridized carbons (Fsp3) is 0.480. The van der Waals surface area contributed by atoms with Crippen molar-refractivity contribution < 1.29 is 14.6 Å². The van der Waals surface area contributed by atoms with E-state index in [1.165, 1.54) is 24.0 Å². The van der Waals surface area contributed by atoms with Crippen LogP contribution in [0, 0.1) is 13.8 Å². The molecule has 2 aromatic rings. The molecule has 1 saturated carbocycles. The topological polar surface area (TPSA) is 70.6 Å². The first-order chi connectivity index (χ1) is 14.4. The van der Waals surface area contributed by atoms with Crippen molar-refractivity contribution in [2.24, 2.45) is 0 Å². The molecular weight excluding hydrogens is 376 g/mol. The molecule has 1 aliphatic heterocycles. The van der Waals surface area contributed by atoms with E-state index in [-0.39, 0.29) is 23.8 Å². The summed E-state index contributed by atoms with van der Waals surface area (Å²) in [7, 11) is 0. The Morgan fingerprint density at radius 1 is 1.13 bits per heavy atom. The van der Waals surface area contributed by atoms with Crippen LogP contribution in [0.3, 0.4) is 0 Å². The van der Waals surface area contributed by atoms with Crippen LogP contribution in [-0.2, 0) is 12.8 Å². The highest BCUT2D eigenvalue weighted by Crippen LogP contribution is 2.47. The Morgan fingerprint density at radius 3 is 2.70 bits per heavy atom. The minimum absolute atomic E-state index is 0.0755. The van der Waals surface area contributed by atoms with Gasteiger partial charge in [-0.1, -0.05) is 18.2 Å². The third kappa shape index (κ3) is 3.45. The number of anilines is 1. The lowest BCUT2D eigenvalue weighted by molar-refractivity contribution is 0.0387. The smallest absolute Gasteiger partial charge is 0.319 e. The number of carbonyl (C=O) groups excluding carboxylic acids is 1. The van der Waals surface area contributed by atoms with Gasteiger partial charge in [0.1, 0.15) is 11.4 Å². The second-order valence-corrected chi connectivity index (χ2v) is 9.33. The molecule has 1 spiro atoms. The third-order valence-corrected chi connectivity index (χ3v) is 7.14. The van der Waals surface area contributed by atoms with Gasteiger partial charge in [-0.05, 0) is 80.3 Å². The van der Waals surface area contributed by atoms with E-state index < -0.39 is 0 Å². The molecule has 0 saturated heterocycles. The number of aliphatic hydroxyl groups excluding tert-OH is 1. The largest absolute Gasteiger partial charge is 0.487 e. The molecule has 5 heteroatoms. The highest BCUT2D eigenvalue weighted by atomic mass is 16.5. The van der Waals surface area contributed by atoms with Gasteiger partial charge >= 0.3 is 6.03 Å². The zero-order valence-electron chi connectivity index (χ0n) is 17.8. The lowest BCUT2D eigenvalue weighted by Crippen LogP contribution is -2.44. The summed E-state index contributed by atoms with van der Waals surface area (Å²) in [5.41, 5.74) is 6.29. The van der Waals surface area contributed by atoms with E-state index in [1.807, 2.05) is 18.2 Å². The molecule has 2 aliphatic carbocycles. The maximum Gasteiger partial charge on any atom is 0.319 e. The molecule has 30 heavy (non-hydrogen) atoms. The predicted octanol–water partition coefficient (Wildman–Crippen LogP) is 4.72. The summed E-state index contributed by atoms with van der Waals surface area (Å²) in [5, 5.41) is 16.3. The van der Waals surface area contributed by atoms with Crippen LogP contribution in [0.5, 0.6) is 5.75 Å². The highest BCUT2D eigenvalue weighted by molar-refractivity contribution is 5.91. The Balaban J connectivity index is 1.40. The van der Waals surface area contributed by atoms with Crippen LogP contribution in [-0.4, -0.2) is 22.8 Å². The summed E-state index contributed by atoms with van der Waals surface area (Å²) < 4.78 is 6.52. The van der Waals surface area contributed by atoms with E-state index in [4.69, 9.17) is 4.74 Å². The first-order valence-electron chi connectivity index (χ1n) is 11.1. The van der Waals surface area contributed by atoms with Crippen LogP contribution in [0.4, 0.5) is 10.5 Å². The second-order valence-electron chi connectivity index (χ2n) is 9.33. The number of aryl methyl sites for hydroxylation is 2. The van der Waals surface area contributed by atoms with Crippen LogP contribution in [0.1, 0.15) is 66.0 Å². The zero-order valence-corrected chi connectivity index (χ0v) is 17.8.